The van der Waals surface area contributed by atoms with Gasteiger partial charge in [0.25, 0.3) is 5.56 Å². The highest BCUT2D eigenvalue weighted by Crippen LogP contribution is 2.22. The third kappa shape index (κ3) is 6.20. The van der Waals surface area contributed by atoms with E-state index in [-0.39, 0.29) is 29.9 Å². The largest absolute Gasteiger partial charge is 0.383 e. The van der Waals surface area contributed by atoms with Crippen LogP contribution < -0.4 is 21.9 Å². The van der Waals surface area contributed by atoms with Crippen LogP contribution in [-0.2, 0) is 11.3 Å². The summed E-state index contributed by atoms with van der Waals surface area (Å²) < 4.78 is 1.36. The smallest absolute Gasteiger partial charge is 0.330 e. The summed E-state index contributed by atoms with van der Waals surface area (Å²) in [6.07, 6.45) is 8.72. The van der Waals surface area contributed by atoms with Crippen LogP contribution in [0.2, 0.25) is 0 Å². The number of nitrogens with two attached hydrogens (primary N) is 1. The SMILES string of the molecule is CCCCN(C(=O)CN(C)C1CCCCCC1)c1c(N)n(CC(C)C)c(=O)[nH]c1=O. The molecule has 30 heavy (non-hydrogen) atoms. The van der Waals surface area contributed by atoms with Crippen LogP contribution in [0.3, 0.4) is 0 Å². The highest BCUT2D eigenvalue weighted by atomic mass is 16.2. The second-order valence-electron chi connectivity index (χ2n) is 8.96. The molecule has 0 aromatic carbocycles. The highest BCUT2D eigenvalue weighted by molar-refractivity contribution is 5.96. The summed E-state index contributed by atoms with van der Waals surface area (Å²) in [6, 6.07) is 0.384. The number of carbonyl (C=O) groups excluding carboxylic acids is 1. The minimum atomic E-state index is -0.598. The van der Waals surface area contributed by atoms with Gasteiger partial charge in [-0.25, -0.2) is 4.79 Å². The van der Waals surface area contributed by atoms with Crippen LogP contribution in [0.4, 0.5) is 11.5 Å². The summed E-state index contributed by atoms with van der Waals surface area (Å²) in [5.74, 6) is 0.0890. The Morgan fingerprint density at radius 3 is 2.40 bits per heavy atom. The van der Waals surface area contributed by atoms with E-state index in [2.05, 4.69) is 9.88 Å². The molecule has 170 valence electrons. The van der Waals surface area contributed by atoms with Crippen molar-refractivity contribution in [2.24, 2.45) is 5.92 Å². The molecule has 0 spiro atoms. The molecular formula is C22H39N5O3. The van der Waals surface area contributed by atoms with E-state index in [0.717, 1.165) is 25.7 Å². The first kappa shape index (κ1) is 24.2. The zero-order valence-corrected chi connectivity index (χ0v) is 19.1. The molecule has 2 rings (SSSR count). The lowest BCUT2D eigenvalue weighted by Crippen LogP contribution is -2.46. The van der Waals surface area contributed by atoms with Crippen LogP contribution in [0.5, 0.6) is 0 Å². The number of amides is 1. The molecule has 1 aromatic rings. The first-order valence-corrected chi connectivity index (χ1v) is 11.4. The standard InChI is InChI=1S/C22H39N5O3/c1-5-6-13-26(18(28)15-25(4)17-11-9-7-8-10-12-17)19-20(23)27(14-16(2)3)22(30)24-21(19)29/h16-17H,5-15,23H2,1-4H3,(H,24,29,30). The van der Waals surface area contributed by atoms with Crippen LogP contribution >= 0.6 is 0 Å². The molecule has 0 unspecified atom stereocenters. The number of unbranched alkanes of at least 4 members (excludes halogenated alkanes) is 1. The molecule has 0 aliphatic heterocycles. The van der Waals surface area contributed by atoms with Crippen molar-refractivity contribution in [2.45, 2.75) is 84.7 Å². The molecule has 0 radical (unpaired) electrons. The molecule has 8 nitrogen and oxygen atoms in total. The summed E-state index contributed by atoms with van der Waals surface area (Å²) in [4.78, 5) is 44.2. The third-order valence-corrected chi connectivity index (χ3v) is 5.90. The molecule has 1 fully saturated rings. The summed E-state index contributed by atoms with van der Waals surface area (Å²) in [5, 5.41) is 0. The Hall–Kier alpha value is -2.09. The van der Waals surface area contributed by atoms with Crippen molar-refractivity contribution in [3.63, 3.8) is 0 Å². The van der Waals surface area contributed by atoms with E-state index in [9.17, 15) is 14.4 Å². The number of likely N-dealkylation sites (N-methyl/N-ethyl adjacent to an activating group) is 1. The zero-order valence-electron chi connectivity index (χ0n) is 19.1. The molecule has 0 saturated heterocycles. The van der Waals surface area contributed by atoms with Crippen molar-refractivity contribution in [3.8, 4) is 0 Å². The molecule has 0 bridgehead atoms. The quantitative estimate of drug-likeness (QED) is 0.596. The van der Waals surface area contributed by atoms with Gasteiger partial charge in [-0.05, 0) is 32.2 Å². The number of hydrogen-bond donors (Lipinski definition) is 2. The number of hydrogen-bond acceptors (Lipinski definition) is 5. The second-order valence-corrected chi connectivity index (χ2v) is 8.96. The molecule has 1 amide bonds. The normalized spacial score (nSPS) is 15.5. The van der Waals surface area contributed by atoms with Gasteiger partial charge in [0.2, 0.25) is 5.91 Å². The van der Waals surface area contributed by atoms with Crippen molar-refractivity contribution >= 4 is 17.4 Å². The van der Waals surface area contributed by atoms with Crippen molar-refractivity contribution < 1.29 is 4.79 Å². The predicted octanol–water partition coefficient (Wildman–Crippen LogP) is 2.56. The number of nitrogens with one attached hydrogen (secondary N) is 1. The topological polar surface area (TPSA) is 104 Å². The van der Waals surface area contributed by atoms with E-state index in [0.29, 0.717) is 19.1 Å². The lowest BCUT2D eigenvalue weighted by molar-refractivity contribution is -0.120. The summed E-state index contributed by atoms with van der Waals surface area (Å²) in [7, 11) is 1.99. The maximum Gasteiger partial charge on any atom is 0.330 e. The highest BCUT2D eigenvalue weighted by Gasteiger charge is 2.27. The fraction of sp³-hybridized carbons (Fsp3) is 0.773. The van der Waals surface area contributed by atoms with Crippen molar-refractivity contribution in [2.75, 3.05) is 30.8 Å². The molecular weight excluding hydrogens is 382 g/mol. The number of aromatic amines is 1. The molecule has 1 saturated carbocycles. The Morgan fingerprint density at radius 2 is 1.83 bits per heavy atom. The zero-order chi connectivity index (χ0) is 22.3. The Kier molecular flexibility index (Phi) is 9.14. The first-order chi connectivity index (χ1) is 14.3. The van der Waals surface area contributed by atoms with Gasteiger partial charge in [-0.15, -0.1) is 0 Å². The lowest BCUT2D eigenvalue weighted by atomic mass is 10.1. The number of carbonyl (C=O) groups is 1. The Bertz CT molecular complexity index is 806. The summed E-state index contributed by atoms with van der Waals surface area (Å²) in [6.45, 7) is 6.99. The Labute approximate surface area is 179 Å². The van der Waals surface area contributed by atoms with Gasteiger partial charge in [0.1, 0.15) is 5.82 Å². The van der Waals surface area contributed by atoms with E-state index < -0.39 is 11.2 Å². The fourth-order valence-corrected chi connectivity index (χ4v) is 4.19. The summed E-state index contributed by atoms with van der Waals surface area (Å²) in [5.41, 5.74) is 5.24. The van der Waals surface area contributed by atoms with Crippen LogP contribution in [0.25, 0.3) is 0 Å². The van der Waals surface area contributed by atoms with Crippen molar-refractivity contribution in [3.05, 3.63) is 20.8 Å². The van der Waals surface area contributed by atoms with Gasteiger partial charge in [-0.3, -0.25) is 24.0 Å². The van der Waals surface area contributed by atoms with Crippen molar-refractivity contribution in [1.29, 1.82) is 0 Å². The van der Waals surface area contributed by atoms with Gasteiger partial charge in [0.05, 0.1) is 6.54 Å². The molecule has 1 heterocycles. The van der Waals surface area contributed by atoms with E-state index in [1.807, 2.05) is 27.8 Å². The number of anilines is 2. The average molecular weight is 422 g/mol. The van der Waals surface area contributed by atoms with Crippen LogP contribution in [0, 0.1) is 5.92 Å². The minimum absolute atomic E-state index is 0.0685. The Balaban J connectivity index is 2.33. The number of nitrogens with zero attached hydrogens (tertiary/aromatic N) is 3. The second kappa shape index (κ2) is 11.3. The average Bonchev–Trinajstić information content (AvgIpc) is 2.96. The van der Waals surface area contributed by atoms with Gasteiger partial charge in [-0.1, -0.05) is 52.9 Å². The molecule has 0 atom stereocenters. The van der Waals surface area contributed by atoms with Gasteiger partial charge in [0.15, 0.2) is 5.69 Å². The van der Waals surface area contributed by atoms with E-state index in [1.54, 1.807) is 0 Å². The Morgan fingerprint density at radius 1 is 1.20 bits per heavy atom. The maximum atomic E-state index is 13.3. The van der Waals surface area contributed by atoms with Crippen molar-refractivity contribution in [1.82, 2.24) is 14.5 Å². The molecule has 1 aromatic heterocycles. The lowest BCUT2D eigenvalue weighted by Gasteiger charge is -2.30. The van der Waals surface area contributed by atoms with E-state index >= 15 is 0 Å². The predicted molar refractivity (Wildman–Crippen MR) is 122 cm³/mol. The molecule has 8 heteroatoms. The number of rotatable bonds is 9. The van der Waals surface area contributed by atoms with Crippen LogP contribution in [0.15, 0.2) is 9.59 Å². The first-order valence-electron chi connectivity index (χ1n) is 11.4. The number of nitrogen functional groups attached to an aromatic ring is 1. The third-order valence-electron chi connectivity index (χ3n) is 5.90. The minimum Gasteiger partial charge on any atom is -0.383 e. The van der Waals surface area contributed by atoms with Gasteiger partial charge >= 0.3 is 5.69 Å². The van der Waals surface area contributed by atoms with Crippen LogP contribution in [-0.4, -0.2) is 46.5 Å². The molecule has 1 aliphatic carbocycles. The van der Waals surface area contributed by atoms with Gasteiger partial charge in [-0.2, -0.15) is 0 Å². The fourth-order valence-electron chi connectivity index (χ4n) is 4.19. The van der Waals surface area contributed by atoms with Gasteiger partial charge in [0, 0.05) is 19.1 Å². The molecule has 3 N–H and O–H groups in total. The number of H-pyrrole nitrogens is 1. The monoisotopic (exact) mass is 421 g/mol. The van der Waals surface area contributed by atoms with Gasteiger partial charge < -0.3 is 10.6 Å². The molecule has 1 aliphatic rings. The summed E-state index contributed by atoms with van der Waals surface area (Å²) >= 11 is 0. The van der Waals surface area contributed by atoms with E-state index in [4.69, 9.17) is 5.73 Å². The maximum absolute atomic E-state index is 13.3. The van der Waals surface area contributed by atoms with Crippen LogP contribution in [0.1, 0.15) is 72.1 Å². The number of aromatic nitrogens is 2. The van der Waals surface area contributed by atoms with E-state index in [1.165, 1.54) is 35.2 Å².